The van der Waals surface area contributed by atoms with Crippen molar-refractivity contribution in [1.29, 1.82) is 0 Å². The Bertz CT molecular complexity index is 890. The van der Waals surface area contributed by atoms with Crippen molar-refractivity contribution in [3.63, 3.8) is 0 Å². The van der Waals surface area contributed by atoms with Gasteiger partial charge in [-0.15, -0.1) is 11.3 Å². The number of amides is 1. The van der Waals surface area contributed by atoms with Crippen LogP contribution in [0, 0.1) is 6.92 Å². The summed E-state index contributed by atoms with van der Waals surface area (Å²) in [6.07, 6.45) is 4.00. The Morgan fingerprint density at radius 3 is 2.88 bits per heavy atom. The van der Waals surface area contributed by atoms with Crippen molar-refractivity contribution in [2.24, 2.45) is 0 Å². The van der Waals surface area contributed by atoms with Crippen molar-refractivity contribution in [1.82, 2.24) is 15.0 Å². The molecule has 1 aliphatic rings. The average molecular weight is 380 g/mol. The molecule has 0 unspecified atom stereocenters. The van der Waals surface area contributed by atoms with Gasteiger partial charge >= 0.3 is 0 Å². The van der Waals surface area contributed by atoms with Crippen molar-refractivity contribution in [2.75, 3.05) is 6.54 Å². The van der Waals surface area contributed by atoms with E-state index in [1.807, 2.05) is 13.0 Å². The molecule has 1 atom stereocenters. The van der Waals surface area contributed by atoms with Gasteiger partial charge in [0.25, 0.3) is 0 Å². The van der Waals surface area contributed by atoms with Gasteiger partial charge < -0.3 is 5.32 Å². The zero-order chi connectivity index (χ0) is 18.0. The second kappa shape index (κ2) is 7.23. The fourth-order valence-electron chi connectivity index (χ4n) is 3.04. The minimum atomic E-state index is -3.58. The van der Waals surface area contributed by atoms with Crippen molar-refractivity contribution in [3.05, 3.63) is 45.4 Å². The Morgan fingerprint density at radius 2 is 2.20 bits per heavy atom. The van der Waals surface area contributed by atoms with Crippen LogP contribution in [0.3, 0.4) is 0 Å². The van der Waals surface area contributed by atoms with E-state index in [4.69, 9.17) is 0 Å². The molecule has 0 saturated heterocycles. The predicted octanol–water partition coefficient (Wildman–Crippen LogP) is 2.10. The number of aryl methyl sites for hydroxylation is 2. The van der Waals surface area contributed by atoms with E-state index in [0.717, 1.165) is 33.9 Å². The third kappa shape index (κ3) is 4.26. The van der Waals surface area contributed by atoms with E-state index in [9.17, 15) is 13.2 Å². The van der Waals surface area contributed by atoms with Crippen LogP contribution in [0.2, 0.25) is 0 Å². The van der Waals surface area contributed by atoms with Gasteiger partial charge in [-0.25, -0.2) is 18.1 Å². The third-order valence-electron chi connectivity index (χ3n) is 4.18. The van der Waals surface area contributed by atoms with Gasteiger partial charge in [0.2, 0.25) is 15.9 Å². The number of aromatic nitrogens is 1. The standard InChI is InChI=1S/C17H21N3O3S2/c1-11-10-18-17(24-11)7-8-19-25(22,23)14-5-3-13-4-6-16(15(13)9-14)20-12(2)21/h3,5,9-10,16,19H,4,6-8H2,1-2H3,(H,20,21)/t16-/m0/s1. The first kappa shape index (κ1) is 18.0. The molecule has 8 heteroatoms. The maximum Gasteiger partial charge on any atom is 0.240 e. The first-order chi connectivity index (χ1) is 11.8. The summed E-state index contributed by atoms with van der Waals surface area (Å²) < 4.78 is 27.7. The molecule has 1 aromatic heterocycles. The summed E-state index contributed by atoms with van der Waals surface area (Å²) >= 11 is 1.57. The van der Waals surface area contributed by atoms with E-state index in [1.54, 1.807) is 29.7 Å². The van der Waals surface area contributed by atoms with Crippen molar-refractivity contribution >= 4 is 27.3 Å². The molecule has 3 rings (SSSR count). The lowest BCUT2D eigenvalue weighted by atomic mass is 10.1. The Labute approximate surface area is 151 Å². The molecule has 0 saturated carbocycles. The number of nitrogens with zero attached hydrogens (tertiary/aromatic N) is 1. The number of nitrogens with one attached hydrogen (secondary N) is 2. The number of sulfonamides is 1. The number of rotatable bonds is 6. The summed E-state index contributed by atoms with van der Waals surface area (Å²) in [6.45, 7) is 3.75. The SMILES string of the molecule is CC(=O)N[C@H]1CCc2ccc(S(=O)(=O)NCCc3ncc(C)s3)cc21. The van der Waals surface area contributed by atoms with Crippen molar-refractivity contribution in [3.8, 4) is 0 Å². The molecule has 1 aliphatic carbocycles. The monoisotopic (exact) mass is 379 g/mol. The lowest BCUT2D eigenvalue weighted by molar-refractivity contribution is -0.119. The Morgan fingerprint density at radius 1 is 1.40 bits per heavy atom. The first-order valence-corrected chi connectivity index (χ1v) is 10.5. The summed E-state index contributed by atoms with van der Waals surface area (Å²) in [5.74, 6) is -0.108. The van der Waals surface area contributed by atoms with Crippen molar-refractivity contribution < 1.29 is 13.2 Å². The predicted molar refractivity (Wildman–Crippen MR) is 97.1 cm³/mol. The molecular weight excluding hydrogens is 358 g/mol. The Kier molecular flexibility index (Phi) is 5.21. The quantitative estimate of drug-likeness (QED) is 0.804. The highest BCUT2D eigenvalue weighted by molar-refractivity contribution is 7.89. The maximum atomic E-state index is 12.5. The molecule has 134 valence electrons. The molecule has 1 amide bonds. The number of carbonyl (C=O) groups excluding carboxylic acids is 1. The van der Waals surface area contributed by atoms with Crippen LogP contribution in [0.1, 0.15) is 40.4 Å². The number of thiazole rings is 1. The van der Waals surface area contributed by atoms with Gasteiger partial charge in [-0.3, -0.25) is 4.79 Å². The van der Waals surface area contributed by atoms with Crippen LogP contribution < -0.4 is 10.0 Å². The Balaban J connectivity index is 1.71. The molecule has 0 spiro atoms. The van der Waals surface area contributed by atoms with E-state index in [1.165, 1.54) is 6.92 Å². The second-order valence-corrected chi connectivity index (χ2v) is 9.25. The fourth-order valence-corrected chi connectivity index (χ4v) is 4.89. The summed E-state index contributed by atoms with van der Waals surface area (Å²) in [4.78, 5) is 16.9. The van der Waals surface area contributed by atoms with Gasteiger partial charge in [-0.2, -0.15) is 0 Å². The van der Waals surface area contributed by atoms with E-state index >= 15 is 0 Å². The topological polar surface area (TPSA) is 88.2 Å². The van der Waals surface area contributed by atoms with Gasteiger partial charge in [0.1, 0.15) is 0 Å². The van der Waals surface area contributed by atoms with E-state index in [2.05, 4.69) is 15.0 Å². The molecule has 25 heavy (non-hydrogen) atoms. The molecule has 1 aromatic carbocycles. The zero-order valence-corrected chi connectivity index (χ0v) is 15.8. The van der Waals surface area contributed by atoms with E-state index in [0.29, 0.717) is 13.0 Å². The lowest BCUT2D eigenvalue weighted by Crippen LogP contribution is -2.27. The summed E-state index contributed by atoms with van der Waals surface area (Å²) in [6, 6.07) is 5.04. The summed E-state index contributed by atoms with van der Waals surface area (Å²) in [5.41, 5.74) is 1.99. The number of fused-ring (bicyclic) bond motifs is 1. The first-order valence-electron chi connectivity index (χ1n) is 8.16. The third-order valence-corrected chi connectivity index (χ3v) is 6.61. The van der Waals surface area contributed by atoms with Gasteiger partial charge in [0.15, 0.2) is 0 Å². The number of carbonyl (C=O) groups is 1. The molecule has 0 radical (unpaired) electrons. The highest BCUT2D eigenvalue weighted by atomic mass is 32.2. The zero-order valence-electron chi connectivity index (χ0n) is 14.2. The smallest absolute Gasteiger partial charge is 0.240 e. The van der Waals surface area contributed by atoms with Crippen LogP contribution in [0.4, 0.5) is 0 Å². The van der Waals surface area contributed by atoms with Crippen LogP contribution >= 0.6 is 11.3 Å². The molecule has 0 fully saturated rings. The van der Waals surface area contributed by atoms with Crippen LogP contribution in [0.5, 0.6) is 0 Å². The highest BCUT2D eigenvalue weighted by Crippen LogP contribution is 2.32. The molecule has 2 aromatic rings. The normalized spacial score (nSPS) is 16.6. The van der Waals surface area contributed by atoms with Gasteiger partial charge in [-0.05, 0) is 43.0 Å². The van der Waals surface area contributed by atoms with Gasteiger partial charge in [0, 0.05) is 31.0 Å². The summed E-state index contributed by atoms with van der Waals surface area (Å²) in [5, 5.41) is 3.80. The number of benzene rings is 1. The van der Waals surface area contributed by atoms with E-state index < -0.39 is 10.0 Å². The van der Waals surface area contributed by atoms with Crippen LogP contribution in [0.15, 0.2) is 29.3 Å². The largest absolute Gasteiger partial charge is 0.350 e. The van der Waals surface area contributed by atoms with Gasteiger partial charge in [0.05, 0.1) is 15.9 Å². The second-order valence-electron chi connectivity index (χ2n) is 6.16. The van der Waals surface area contributed by atoms with Crippen LogP contribution in [0.25, 0.3) is 0 Å². The molecule has 0 bridgehead atoms. The molecule has 1 heterocycles. The Hall–Kier alpha value is -1.77. The maximum absolute atomic E-state index is 12.5. The molecule has 2 N–H and O–H groups in total. The molecule has 6 nitrogen and oxygen atoms in total. The number of hydrogen-bond donors (Lipinski definition) is 2. The lowest BCUT2D eigenvalue weighted by Gasteiger charge is -2.14. The average Bonchev–Trinajstić information content (AvgIpc) is 3.13. The fraction of sp³-hybridized carbons (Fsp3) is 0.412. The van der Waals surface area contributed by atoms with Crippen LogP contribution in [-0.4, -0.2) is 25.9 Å². The minimum Gasteiger partial charge on any atom is -0.350 e. The summed E-state index contributed by atoms with van der Waals surface area (Å²) in [7, 11) is -3.58. The minimum absolute atomic E-state index is 0.108. The van der Waals surface area contributed by atoms with Gasteiger partial charge in [-0.1, -0.05) is 6.07 Å². The highest BCUT2D eigenvalue weighted by Gasteiger charge is 2.25. The molecule has 0 aliphatic heterocycles. The van der Waals surface area contributed by atoms with Crippen LogP contribution in [-0.2, 0) is 27.7 Å². The number of hydrogen-bond acceptors (Lipinski definition) is 5. The molecular formula is C17H21N3O3S2. The van der Waals surface area contributed by atoms with E-state index in [-0.39, 0.29) is 16.8 Å². The van der Waals surface area contributed by atoms with Crippen molar-refractivity contribution in [2.45, 2.75) is 44.0 Å².